The van der Waals surface area contributed by atoms with Crippen molar-refractivity contribution >= 4 is 17.7 Å². The van der Waals surface area contributed by atoms with Crippen molar-refractivity contribution in [1.29, 1.82) is 0 Å². The molecule has 1 aromatic rings. The van der Waals surface area contributed by atoms with Gasteiger partial charge in [0.25, 0.3) is 11.0 Å². The number of aliphatic hydroxyl groups excluding tert-OH is 2. The average molecular weight is 560 g/mol. The normalized spacial score (nSPS) is 21.7. The Kier molecular flexibility index (Phi) is 14.1. The number of esters is 1. The average Bonchev–Trinajstić information content (AvgIpc) is 3.15. The Bertz CT molecular complexity index is 902. The van der Waals surface area contributed by atoms with E-state index >= 15 is 0 Å². The van der Waals surface area contributed by atoms with E-state index < -0.39 is 41.7 Å². The second-order valence-electron chi connectivity index (χ2n) is 8.82. The van der Waals surface area contributed by atoms with Crippen molar-refractivity contribution in [3.8, 4) is 5.75 Å². The molecule has 0 amide bonds. The quantitative estimate of drug-likeness (QED) is 0.0893. The summed E-state index contributed by atoms with van der Waals surface area (Å²) in [6.45, 7) is -0.627. The zero-order valence-corrected chi connectivity index (χ0v) is 21.8. The van der Waals surface area contributed by atoms with Gasteiger partial charge in [0.1, 0.15) is 19.0 Å². The lowest BCUT2D eigenvalue weighted by Crippen LogP contribution is -2.25. The number of alkyl halides is 2. The summed E-state index contributed by atoms with van der Waals surface area (Å²) < 4.78 is 38.9. The second kappa shape index (κ2) is 17.0. The molecule has 0 aliphatic heterocycles. The maximum atomic E-state index is 14.3. The number of halogens is 2. The largest absolute Gasteiger partial charge is 0.487 e. The van der Waals surface area contributed by atoms with Crippen LogP contribution >= 0.6 is 11.8 Å². The van der Waals surface area contributed by atoms with Gasteiger partial charge in [-0.15, -0.1) is 10.1 Å². The highest BCUT2D eigenvalue weighted by Gasteiger charge is 2.40. The number of carbonyl (C=O) groups is 1. The second-order valence-corrected chi connectivity index (χ2v) is 10.0. The van der Waals surface area contributed by atoms with Crippen molar-refractivity contribution in [2.75, 3.05) is 31.3 Å². The number of benzene rings is 1. The van der Waals surface area contributed by atoms with Gasteiger partial charge in [-0.05, 0) is 43.4 Å². The maximum Gasteiger partial charge on any atom is 0.305 e. The molecule has 0 aromatic heterocycles. The fourth-order valence-corrected chi connectivity index (χ4v) is 4.60. The molecule has 212 valence electrons. The lowest BCUT2D eigenvalue weighted by Gasteiger charge is -2.20. The molecule has 1 aliphatic carbocycles. The molecule has 1 fully saturated rings. The monoisotopic (exact) mass is 559 g/mol. The highest BCUT2D eigenvalue weighted by Crippen LogP contribution is 2.37. The van der Waals surface area contributed by atoms with Crippen molar-refractivity contribution in [2.45, 2.75) is 50.2 Å². The Morgan fingerprint density at radius 3 is 2.63 bits per heavy atom. The van der Waals surface area contributed by atoms with Gasteiger partial charge >= 0.3 is 5.97 Å². The van der Waals surface area contributed by atoms with Crippen LogP contribution in [0.4, 0.5) is 8.78 Å². The first-order valence-electron chi connectivity index (χ1n) is 12.4. The third-order valence-electron chi connectivity index (χ3n) is 5.89. The Labute approximate surface area is 224 Å². The van der Waals surface area contributed by atoms with Crippen molar-refractivity contribution in [2.24, 2.45) is 11.8 Å². The van der Waals surface area contributed by atoms with Crippen LogP contribution in [0, 0.1) is 22.0 Å². The molecule has 2 N–H and O–H groups in total. The van der Waals surface area contributed by atoms with E-state index in [1.165, 1.54) is 17.8 Å². The van der Waals surface area contributed by atoms with Gasteiger partial charge in [-0.1, -0.05) is 36.4 Å². The number of hydrogen-bond acceptors (Lipinski definition) is 9. The molecule has 1 aliphatic rings. The summed E-state index contributed by atoms with van der Waals surface area (Å²) in [5.74, 6) is -3.30. The minimum atomic E-state index is -3.23. The number of carbonyl (C=O) groups excluding carboxylic acids is 1. The molecule has 1 saturated carbocycles. The molecule has 0 heterocycles. The number of aliphatic hydroxyl groups is 2. The summed E-state index contributed by atoms with van der Waals surface area (Å²) in [6.07, 6.45) is 5.90. The molecular formula is C26H35F2NO8S. The SMILES string of the molecule is O=C(CCC/C=C\C[C@@H]1[C@@H](/C=C/C(F)(F)COc2ccccc2)[C@H](O)C[C@@H]1O)OCCSCCO[N+](=O)[O-]. The van der Waals surface area contributed by atoms with Gasteiger partial charge in [-0.25, -0.2) is 0 Å². The van der Waals surface area contributed by atoms with Crippen LogP contribution < -0.4 is 4.74 Å². The molecule has 12 heteroatoms. The van der Waals surface area contributed by atoms with E-state index in [-0.39, 0.29) is 32.0 Å². The van der Waals surface area contributed by atoms with Crippen molar-refractivity contribution in [1.82, 2.24) is 0 Å². The number of allylic oxidation sites excluding steroid dienone is 2. The predicted octanol–water partition coefficient (Wildman–Crippen LogP) is 4.22. The van der Waals surface area contributed by atoms with Crippen LogP contribution in [-0.4, -0.2) is 70.7 Å². The van der Waals surface area contributed by atoms with Crippen LogP contribution in [-0.2, 0) is 14.4 Å². The molecule has 0 spiro atoms. The molecule has 4 atom stereocenters. The van der Waals surface area contributed by atoms with Crippen LogP contribution in [0.2, 0.25) is 0 Å². The maximum absolute atomic E-state index is 14.3. The van der Waals surface area contributed by atoms with E-state index in [0.717, 1.165) is 6.08 Å². The van der Waals surface area contributed by atoms with Crippen LogP contribution in [0.15, 0.2) is 54.6 Å². The van der Waals surface area contributed by atoms with E-state index in [4.69, 9.17) is 9.47 Å². The topological polar surface area (TPSA) is 128 Å². The molecule has 1 aromatic carbocycles. The van der Waals surface area contributed by atoms with E-state index in [0.29, 0.717) is 36.5 Å². The molecule has 38 heavy (non-hydrogen) atoms. The number of hydrogen-bond donors (Lipinski definition) is 2. The van der Waals surface area contributed by atoms with Gasteiger partial charge in [0.2, 0.25) is 0 Å². The third-order valence-corrected chi connectivity index (χ3v) is 6.81. The summed E-state index contributed by atoms with van der Waals surface area (Å²) in [5.41, 5.74) is 0. The first-order chi connectivity index (χ1) is 18.2. The molecule has 0 bridgehead atoms. The van der Waals surface area contributed by atoms with E-state index in [9.17, 15) is 33.9 Å². The van der Waals surface area contributed by atoms with Gasteiger partial charge in [-0.3, -0.25) is 4.79 Å². The predicted molar refractivity (Wildman–Crippen MR) is 138 cm³/mol. The summed E-state index contributed by atoms with van der Waals surface area (Å²) in [5, 5.41) is 29.8. The fourth-order valence-electron chi connectivity index (χ4n) is 4.00. The number of nitrogens with zero attached hydrogens (tertiary/aromatic N) is 1. The van der Waals surface area contributed by atoms with E-state index in [2.05, 4.69) is 4.84 Å². The van der Waals surface area contributed by atoms with E-state index in [1.807, 2.05) is 12.2 Å². The van der Waals surface area contributed by atoms with Crippen LogP contribution in [0.25, 0.3) is 0 Å². The molecule has 0 radical (unpaired) electrons. The smallest absolute Gasteiger partial charge is 0.305 e. The highest BCUT2D eigenvalue weighted by atomic mass is 32.2. The summed E-state index contributed by atoms with van der Waals surface area (Å²) in [7, 11) is 0. The van der Waals surface area contributed by atoms with Crippen LogP contribution in [0.1, 0.15) is 32.1 Å². The number of thioether (sulfide) groups is 1. The Balaban J connectivity index is 1.66. The number of rotatable bonds is 18. The van der Waals surface area contributed by atoms with Crippen molar-refractivity contribution in [3.05, 3.63) is 64.8 Å². The number of para-hydroxylation sites is 1. The fraction of sp³-hybridized carbons (Fsp3) is 0.577. The Morgan fingerprint density at radius 1 is 1.16 bits per heavy atom. The minimum absolute atomic E-state index is 0.0119. The lowest BCUT2D eigenvalue weighted by molar-refractivity contribution is -0.756. The van der Waals surface area contributed by atoms with Gasteiger partial charge in [0.05, 0.1) is 12.2 Å². The highest BCUT2D eigenvalue weighted by molar-refractivity contribution is 7.99. The van der Waals surface area contributed by atoms with Gasteiger partial charge < -0.3 is 24.5 Å². The molecule has 2 rings (SSSR count). The first kappa shape index (κ1) is 31.5. The number of ether oxygens (including phenoxy) is 2. The first-order valence-corrected chi connectivity index (χ1v) is 13.6. The van der Waals surface area contributed by atoms with Crippen molar-refractivity contribution < 1.29 is 43.2 Å². The van der Waals surface area contributed by atoms with Crippen molar-refractivity contribution in [3.63, 3.8) is 0 Å². The molecular weight excluding hydrogens is 524 g/mol. The molecule has 0 unspecified atom stereocenters. The standard InChI is InChI=1S/C26H35F2NO8S/c27-26(28,19-36-20-8-4-3-5-9-20)13-12-22-21(23(30)18-24(22)31)10-6-1-2-7-11-25(32)35-14-16-38-17-15-37-29(33)34/h1,3-6,8-9,12-13,21-24,30-31H,2,7,10-11,14-19H2/b6-1-,13-12+/t21-,22-,23+,24-/m1/s1. The summed E-state index contributed by atoms with van der Waals surface area (Å²) >= 11 is 1.38. The molecule has 0 saturated heterocycles. The number of unbranched alkanes of at least 4 members (excludes halogenated alkanes) is 1. The Hall–Kier alpha value is -2.70. The Morgan fingerprint density at radius 2 is 1.89 bits per heavy atom. The summed E-state index contributed by atoms with van der Waals surface area (Å²) in [6, 6.07) is 8.31. The van der Waals surface area contributed by atoms with Gasteiger partial charge in [-0.2, -0.15) is 20.5 Å². The van der Waals surface area contributed by atoms with Crippen LogP contribution in [0.3, 0.4) is 0 Å². The lowest BCUT2D eigenvalue weighted by atomic mass is 9.89. The zero-order chi connectivity index (χ0) is 27.8. The molecule has 9 nitrogen and oxygen atoms in total. The van der Waals surface area contributed by atoms with E-state index in [1.54, 1.807) is 30.3 Å². The van der Waals surface area contributed by atoms with Gasteiger partial charge in [0, 0.05) is 30.3 Å². The summed E-state index contributed by atoms with van der Waals surface area (Å²) in [4.78, 5) is 25.9. The third kappa shape index (κ3) is 12.7. The zero-order valence-electron chi connectivity index (χ0n) is 21.0. The van der Waals surface area contributed by atoms with Crippen LogP contribution in [0.5, 0.6) is 5.75 Å². The van der Waals surface area contributed by atoms with Gasteiger partial charge in [0.15, 0.2) is 6.61 Å². The minimum Gasteiger partial charge on any atom is -0.487 e.